The van der Waals surface area contributed by atoms with Crippen LogP contribution in [0.5, 0.6) is 5.75 Å². The molecule has 3 aromatic carbocycles. The summed E-state index contributed by atoms with van der Waals surface area (Å²) in [5, 5.41) is 11.6. The van der Waals surface area contributed by atoms with Crippen molar-refractivity contribution in [2.75, 3.05) is 32.1 Å². The lowest BCUT2D eigenvalue weighted by Crippen LogP contribution is -2.60. The number of piperidine rings is 1. The molecule has 18 nitrogen and oxygen atoms in total. The Morgan fingerprint density at radius 3 is 2.53 bits per heavy atom. The molecular weight excluding hydrogens is 905 g/mol. The number of imide groups is 1. The molecule has 22 heteroatoms. The average molecular weight is 955 g/mol. The second-order valence-electron chi connectivity index (χ2n) is 16.9. The van der Waals surface area contributed by atoms with Crippen molar-refractivity contribution >= 4 is 71.2 Å². The van der Waals surface area contributed by atoms with E-state index < -0.39 is 66.6 Å². The Kier molecular flexibility index (Phi) is 14.5. The SMILES string of the molecule is CN1CC[C@H]2CC[C@@H](C(=O)N[C@@H](CCC(N)=O)COc3cccc(Cc4cccc(NC5CCC(=O)NC5=O)c4)c3Cl)N2C(=O)[C@@H](NC(=O)c2cc3cc(C(F)(F)P(=O)(O)O)ccc3[nH]2)C1. The number of aromatic nitrogens is 1. The van der Waals surface area contributed by atoms with Crippen molar-refractivity contribution in [2.45, 2.75) is 87.2 Å². The number of hydrogen-bond donors (Lipinski definition) is 8. The molecule has 9 N–H and O–H groups in total. The van der Waals surface area contributed by atoms with Crippen molar-refractivity contribution in [2.24, 2.45) is 5.73 Å². The summed E-state index contributed by atoms with van der Waals surface area (Å²) in [5.74, 6) is -2.72. The van der Waals surface area contributed by atoms with Crippen LogP contribution in [0.2, 0.25) is 5.02 Å². The smallest absolute Gasteiger partial charge is 0.399 e. The van der Waals surface area contributed by atoms with Crippen LogP contribution in [0.4, 0.5) is 14.5 Å². The van der Waals surface area contributed by atoms with Crippen molar-refractivity contribution in [1.29, 1.82) is 0 Å². The van der Waals surface area contributed by atoms with Gasteiger partial charge in [0.1, 0.15) is 36.2 Å². The summed E-state index contributed by atoms with van der Waals surface area (Å²) in [5.41, 5.74) is 2.54. The normalized spacial score (nSPS) is 21.1. The summed E-state index contributed by atoms with van der Waals surface area (Å²) in [6.07, 6.45) is 2.42. The van der Waals surface area contributed by atoms with E-state index in [9.17, 15) is 51.9 Å². The van der Waals surface area contributed by atoms with Gasteiger partial charge in [0, 0.05) is 47.6 Å². The van der Waals surface area contributed by atoms with Crippen LogP contribution in [0.3, 0.4) is 0 Å². The van der Waals surface area contributed by atoms with Gasteiger partial charge < -0.3 is 51.0 Å². The number of nitrogens with one attached hydrogen (secondary N) is 5. The minimum atomic E-state index is -5.84. The largest absolute Gasteiger partial charge is 0.490 e. The number of rotatable bonds is 16. The van der Waals surface area contributed by atoms with E-state index in [1.165, 1.54) is 17.0 Å². The molecule has 6 amide bonds. The molecule has 3 fully saturated rings. The van der Waals surface area contributed by atoms with Crippen LogP contribution in [-0.2, 0) is 40.6 Å². The highest BCUT2D eigenvalue weighted by Crippen LogP contribution is 2.59. The summed E-state index contributed by atoms with van der Waals surface area (Å²) < 4.78 is 46.5. The molecule has 5 atom stereocenters. The highest BCUT2D eigenvalue weighted by Gasteiger charge is 2.50. The minimum Gasteiger partial charge on any atom is -0.490 e. The van der Waals surface area contributed by atoms with Gasteiger partial charge in [0.25, 0.3) is 5.91 Å². The van der Waals surface area contributed by atoms with Crippen molar-refractivity contribution in [3.8, 4) is 5.75 Å². The number of nitrogens with two attached hydrogens (primary N) is 1. The Morgan fingerprint density at radius 2 is 1.79 bits per heavy atom. The Hall–Kier alpha value is -5.92. The Morgan fingerprint density at radius 1 is 1.02 bits per heavy atom. The summed E-state index contributed by atoms with van der Waals surface area (Å²) in [7, 11) is -4.05. The van der Waals surface area contributed by atoms with E-state index in [1.807, 2.05) is 35.2 Å². The van der Waals surface area contributed by atoms with Crippen molar-refractivity contribution in [3.05, 3.63) is 94.1 Å². The standard InChI is InChI=1S/C44H50ClF2N8O10P/c1-54-17-16-30-10-13-35(55(30)43(61)34(22-54)52-41(59)33-21-26-20-27(8-11-31(26)51-33)44(46,47)66(62,63)64)42(60)50-29(9-14-37(48)56)23-65-36-7-3-5-25(39(36)45)18-24-4-2-6-28(19-24)49-32-12-15-38(57)53-40(32)58/h2-8,11,19-21,29-30,32,34-35,49,51H,9-10,12-18,22-23H2,1H3,(H2,48,56)(H,50,60)(H,52,59)(H,53,57,58)(H2,62,63,64)/t29-,30+,32?,34-,35-/m0/s1. The van der Waals surface area contributed by atoms with Crippen LogP contribution in [-0.4, -0.2) is 117 Å². The van der Waals surface area contributed by atoms with Gasteiger partial charge in [-0.3, -0.25) is 38.6 Å². The first-order valence-electron chi connectivity index (χ1n) is 21.3. The maximum Gasteiger partial charge on any atom is 0.399 e. The number of nitrogens with zero attached hydrogens (tertiary/aromatic N) is 2. The molecule has 4 aromatic rings. The number of anilines is 1. The van der Waals surface area contributed by atoms with E-state index in [2.05, 4.69) is 26.3 Å². The van der Waals surface area contributed by atoms with Crippen LogP contribution in [0.1, 0.15) is 72.1 Å². The van der Waals surface area contributed by atoms with Gasteiger partial charge in [-0.2, -0.15) is 8.78 Å². The fourth-order valence-corrected chi connectivity index (χ4v) is 9.29. The van der Waals surface area contributed by atoms with Gasteiger partial charge in [0.05, 0.1) is 11.1 Å². The monoisotopic (exact) mass is 954 g/mol. The van der Waals surface area contributed by atoms with E-state index >= 15 is 0 Å². The number of halogens is 3. The first-order chi connectivity index (χ1) is 31.3. The zero-order valence-electron chi connectivity index (χ0n) is 35.7. The molecule has 0 saturated carbocycles. The van der Waals surface area contributed by atoms with Gasteiger partial charge >= 0.3 is 13.3 Å². The third kappa shape index (κ3) is 11.0. The second kappa shape index (κ2) is 19.9. The highest BCUT2D eigenvalue weighted by molar-refractivity contribution is 7.52. The van der Waals surface area contributed by atoms with Crippen LogP contribution >= 0.6 is 19.2 Å². The van der Waals surface area contributed by atoms with Crippen LogP contribution in [0.15, 0.2) is 66.7 Å². The van der Waals surface area contributed by atoms with Gasteiger partial charge in [-0.25, -0.2) is 0 Å². The molecule has 1 aromatic heterocycles. The number of ether oxygens (including phenoxy) is 1. The number of likely N-dealkylation sites (N-methyl/N-ethyl adjacent to an activating group) is 1. The first kappa shape index (κ1) is 48.0. The zero-order chi connectivity index (χ0) is 47.5. The number of carbonyl (C=O) groups is 6. The molecule has 0 aliphatic carbocycles. The van der Waals surface area contributed by atoms with E-state index in [0.717, 1.165) is 23.3 Å². The fourth-order valence-electron chi connectivity index (χ4n) is 8.57. The third-order valence-corrected chi connectivity index (χ3v) is 13.5. The summed E-state index contributed by atoms with van der Waals surface area (Å²) in [4.78, 5) is 102. The molecule has 3 aliphatic rings. The molecule has 4 heterocycles. The Labute approximate surface area is 382 Å². The third-order valence-electron chi connectivity index (χ3n) is 12.1. The number of benzene rings is 3. The number of hydrogen-bond acceptors (Lipinski definition) is 10. The summed E-state index contributed by atoms with van der Waals surface area (Å²) in [6, 6.07) is 13.1. The molecule has 352 valence electrons. The topological polar surface area (TPSA) is 266 Å². The zero-order valence-corrected chi connectivity index (χ0v) is 37.4. The maximum atomic E-state index is 14.5. The van der Waals surface area contributed by atoms with Gasteiger partial charge in [-0.1, -0.05) is 41.9 Å². The number of aromatic amines is 1. The van der Waals surface area contributed by atoms with Gasteiger partial charge in [-0.15, -0.1) is 0 Å². The van der Waals surface area contributed by atoms with Crippen molar-refractivity contribution in [3.63, 3.8) is 0 Å². The number of amides is 6. The minimum absolute atomic E-state index is 0.0805. The van der Waals surface area contributed by atoms with Gasteiger partial charge in [0.15, 0.2) is 0 Å². The lowest BCUT2D eigenvalue weighted by molar-refractivity contribution is -0.143. The van der Waals surface area contributed by atoms with E-state index in [1.54, 1.807) is 19.2 Å². The molecule has 0 radical (unpaired) electrons. The quantitative estimate of drug-likeness (QED) is 0.0593. The van der Waals surface area contributed by atoms with Crippen LogP contribution in [0, 0.1) is 0 Å². The molecule has 1 unspecified atom stereocenters. The molecule has 66 heavy (non-hydrogen) atoms. The Balaban J connectivity index is 1.02. The highest BCUT2D eigenvalue weighted by atomic mass is 35.5. The van der Waals surface area contributed by atoms with Crippen molar-refractivity contribution in [1.82, 2.24) is 30.7 Å². The number of alkyl halides is 2. The van der Waals surface area contributed by atoms with E-state index in [-0.39, 0.29) is 66.9 Å². The van der Waals surface area contributed by atoms with Gasteiger partial charge in [-0.05, 0) is 99.6 Å². The number of primary amides is 1. The summed E-state index contributed by atoms with van der Waals surface area (Å²) >= 11 is 6.87. The maximum absolute atomic E-state index is 14.5. The summed E-state index contributed by atoms with van der Waals surface area (Å²) in [6.45, 7) is 0.516. The fraction of sp³-hybridized carbons (Fsp3) is 0.409. The van der Waals surface area contributed by atoms with Crippen molar-refractivity contribution < 1.29 is 56.6 Å². The van der Waals surface area contributed by atoms with Gasteiger partial charge in [0.2, 0.25) is 29.5 Å². The average Bonchev–Trinajstić information content (AvgIpc) is 3.89. The molecule has 7 rings (SSSR count). The molecular formula is C44H50ClF2N8O10P. The van der Waals surface area contributed by atoms with Crippen LogP contribution < -0.4 is 31.7 Å². The molecule has 3 aliphatic heterocycles. The first-order valence-corrected chi connectivity index (χ1v) is 23.3. The Bertz CT molecular complexity index is 2590. The number of fused-ring (bicyclic) bond motifs is 2. The lowest BCUT2D eigenvalue weighted by Gasteiger charge is -2.38. The second-order valence-corrected chi connectivity index (χ2v) is 18.9. The molecule has 0 bridgehead atoms. The molecule has 0 spiro atoms. The predicted molar refractivity (Wildman–Crippen MR) is 238 cm³/mol. The molecule has 3 saturated heterocycles. The predicted octanol–water partition coefficient (Wildman–Crippen LogP) is 3.48. The number of H-pyrrole nitrogens is 1. The van der Waals surface area contributed by atoms with E-state index in [0.29, 0.717) is 55.1 Å². The van der Waals surface area contributed by atoms with Crippen LogP contribution in [0.25, 0.3) is 10.9 Å². The number of carbonyl (C=O) groups excluding carboxylic acids is 6. The lowest BCUT2D eigenvalue weighted by atomic mass is 10.0. The van der Waals surface area contributed by atoms with E-state index in [4.69, 9.17) is 22.1 Å².